The highest BCUT2D eigenvalue weighted by atomic mass is 32.2. The van der Waals surface area contributed by atoms with Crippen molar-refractivity contribution in [2.75, 3.05) is 5.73 Å². The van der Waals surface area contributed by atoms with Crippen molar-refractivity contribution in [1.82, 2.24) is 15.2 Å². The van der Waals surface area contributed by atoms with Crippen LogP contribution in [0.3, 0.4) is 0 Å². The van der Waals surface area contributed by atoms with Crippen LogP contribution in [-0.2, 0) is 12.4 Å². The minimum Gasteiger partial charge on any atom is -0.489 e. The first-order valence-corrected chi connectivity index (χ1v) is 7.94. The molecule has 0 atom stereocenters. The number of H-pyrrole nitrogens is 1. The van der Waals surface area contributed by atoms with Crippen LogP contribution in [0.15, 0.2) is 53.7 Å². The molecule has 0 aliphatic heterocycles. The van der Waals surface area contributed by atoms with Crippen molar-refractivity contribution in [3.63, 3.8) is 0 Å². The predicted molar refractivity (Wildman–Crippen MR) is 87.5 cm³/mol. The number of rotatable bonds is 6. The van der Waals surface area contributed by atoms with Crippen LogP contribution in [0, 0.1) is 5.82 Å². The molecular formula is C16H15FN4OS. The Morgan fingerprint density at radius 3 is 2.39 bits per heavy atom. The Morgan fingerprint density at radius 1 is 1.04 bits per heavy atom. The predicted octanol–water partition coefficient (Wildman–Crippen LogP) is 3.40. The maximum atomic E-state index is 12.8. The van der Waals surface area contributed by atoms with E-state index in [0.29, 0.717) is 17.7 Å². The summed E-state index contributed by atoms with van der Waals surface area (Å²) in [4.78, 5) is 4.04. The van der Waals surface area contributed by atoms with Crippen LogP contribution in [-0.4, -0.2) is 15.2 Å². The Labute approximate surface area is 137 Å². The average molecular weight is 330 g/mol. The zero-order valence-corrected chi connectivity index (χ0v) is 13.0. The lowest BCUT2D eigenvalue weighted by atomic mass is 10.2. The maximum absolute atomic E-state index is 12.8. The van der Waals surface area contributed by atoms with Gasteiger partial charge in [0.05, 0.1) is 0 Å². The molecule has 0 saturated carbocycles. The molecule has 2 aromatic carbocycles. The van der Waals surface area contributed by atoms with Gasteiger partial charge in [0, 0.05) is 5.75 Å². The summed E-state index contributed by atoms with van der Waals surface area (Å²) in [6, 6.07) is 14.1. The summed E-state index contributed by atoms with van der Waals surface area (Å²) in [5, 5.41) is 7.19. The van der Waals surface area contributed by atoms with Crippen molar-refractivity contribution in [2.45, 2.75) is 17.5 Å². The van der Waals surface area contributed by atoms with E-state index in [2.05, 4.69) is 15.2 Å². The first-order valence-electron chi connectivity index (χ1n) is 6.96. The average Bonchev–Trinajstić information content (AvgIpc) is 2.99. The van der Waals surface area contributed by atoms with Crippen molar-refractivity contribution < 1.29 is 9.13 Å². The Balaban J connectivity index is 1.51. The lowest BCUT2D eigenvalue weighted by Gasteiger charge is -2.07. The normalized spacial score (nSPS) is 10.7. The summed E-state index contributed by atoms with van der Waals surface area (Å²) in [6.07, 6.45) is 0. The standard InChI is InChI=1S/C16H15FN4OS/c17-13-5-1-11(2-6-13)9-22-14-7-3-12(4-8-14)10-23-16-19-15(18)20-21-16/h1-8H,9-10H2,(H3,18,19,20,21). The number of thioether (sulfide) groups is 1. The summed E-state index contributed by atoms with van der Waals surface area (Å²) < 4.78 is 18.5. The topological polar surface area (TPSA) is 76.8 Å². The fourth-order valence-corrected chi connectivity index (χ4v) is 2.66. The molecule has 0 aliphatic carbocycles. The summed E-state index contributed by atoms with van der Waals surface area (Å²) in [5.74, 6) is 1.58. The highest BCUT2D eigenvalue weighted by Crippen LogP contribution is 2.21. The van der Waals surface area contributed by atoms with Gasteiger partial charge in [-0.05, 0) is 35.4 Å². The van der Waals surface area contributed by atoms with Crippen LogP contribution in [0.2, 0.25) is 0 Å². The third kappa shape index (κ3) is 4.46. The maximum Gasteiger partial charge on any atom is 0.216 e. The second-order valence-electron chi connectivity index (χ2n) is 4.85. The molecule has 3 N–H and O–H groups in total. The van der Waals surface area contributed by atoms with Crippen molar-refractivity contribution in [3.8, 4) is 5.75 Å². The van der Waals surface area contributed by atoms with E-state index < -0.39 is 0 Å². The monoisotopic (exact) mass is 330 g/mol. The second kappa shape index (κ2) is 7.15. The first kappa shape index (κ1) is 15.4. The van der Waals surface area contributed by atoms with E-state index in [4.69, 9.17) is 10.5 Å². The SMILES string of the molecule is Nc1nc(SCc2ccc(OCc3ccc(F)cc3)cc2)n[nH]1. The Hall–Kier alpha value is -2.54. The molecule has 0 spiro atoms. The third-order valence-corrected chi connectivity index (χ3v) is 4.01. The lowest BCUT2D eigenvalue weighted by Crippen LogP contribution is -1.95. The first-order chi connectivity index (χ1) is 11.2. The molecule has 7 heteroatoms. The third-order valence-electron chi connectivity index (χ3n) is 3.09. The van der Waals surface area contributed by atoms with E-state index in [0.717, 1.165) is 22.6 Å². The molecule has 0 fully saturated rings. The van der Waals surface area contributed by atoms with Crippen molar-refractivity contribution in [1.29, 1.82) is 0 Å². The van der Waals surface area contributed by atoms with E-state index in [-0.39, 0.29) is 5.82 Å². The van der Waals surface area contributed by atoms with Crippen LogP contribution < -0.4 is 10.5 Å². The van der Waals surface area contributed by atoms with Gasteiger partial charge in [-0.15, -0.1) is 5.10 Å². The van der Waals surface area contributed by atoms with Gasteiger partial charge in [-0.25, -0.2) is 9.49 Å². The number of halogens is 1. The molecule has 5 nitrogen and oxygen atoms in total. The number of hydrogen-bond acceptors (Lipinski definition) is 5. The van der Waals surface area contributed by atoms with Crippen LogP contribution >= 0.6 is 11.8 Å². The fraction of sp³-hybridized carbons (Fsp3) is 0.125. The van der Waals surface area contributed by atoms with E-state index in [1.54, 1.807) is 12.1 Å². The number of hydrogen-bond donors (Lipinski definition) is 2. The van der Waals surface area contributed by atoms with Crippen LogP contribution in [0.5, 0.6) is 5.75 Å². The Kier molecular flexibility index (Phi) is 4.77. The molecule has 1 heterocycles. The summed E-state index contributed by atoms with van der Waals surface area (Å²) in [7, 11) is 0. The van der Waals surface area contributed by atoms with Gasteiger partial charge in [-0.1, -0.05) is 36.0 Å². The molecule has 0 saturated heterocycles. The van der Waals surface area contributed by atoms with E-state index in [1.165, 1.54) is 23.9 Å². The fourth-order valence-electron chi connectivity index (χ4n) is 1.90. The van der Waals surface area contributed by atoms with Gasteiger partial charge in [-0.3, -0.25) is 0 Å². The number of nitrogen functional groups attached to an aromatic ring is 1. The van der Waals surface area contributed by atoms with Crippen molar-refractivity contribution in [2.24, 2.45) is 0 Å². The van der Waals surface area contributed by atoms with Crippen molar-refractivity contribution in [3.05, 3.63) is 65.5 Å². The number of aromatic nitrogens is 3. The molecule has 0 aliphatic rings. The highest BCUT2D eigenvalue weighted by Gasteiger charge is 2.03. The zero-order chi connectivity index (χ0) is 16.1. The quantitative estimate of drug-likeness (QED) is 0.677. The Morgan fingerprint density at radius 2 is 1.74 bits per heavy atom. The van der Waals surface area contributed by atoms with E-state index in [9.17, 15) is 4.39 Å². The molecule has 118 valence electrons. The van der Waals surface area contributed by atoms with E-state index in [1.807, 2.05) is 24.3 Å². The summed E-state index contributed by atoms with van der Waals surface area (Å²) >= 11 is 1.50. The van der Waals surface area contributed by atoms with Crippen LogP contribution in [0.25, 0.3) is 0 Å². The van der Waals surface area contributed by atoms with Gasteiger partial charge < -0.3 is 10.5 Å². The second-order valence-corrected chi connectivity index (χ2v) is 5.79. The molecule has 1 aromatic heterocycles. The zero-order valence-electron chi connectivity index (χ0n) is 12.2. The van der Waals surface area contributed by atoms with E-state index >= 15 is 0 Å². The molecule has 0 radical (unpaired) electrons. The highest BCUT2D eigenvalue weighted by molar-refractivity contribution is 7.98. The van der Waals surface area contributed by atoms with Gasteiger partial charge in [0.25, 0.3) is 0 Å². The number of benzene rings is 2. The minimum atomic E-state index is -0.247. The van der Waals surface area contributed by atoms with Gasteiger partial charge in [0.15, 0.2) is 0 Å². The van der Waals surface area contributed by atoms with Crippen molar-refractivity contribution >= 4 is 17.7 Å². The number of anilines is 1. The van der Waals surface area contributed by atoms with Gasteiger partial charge >= 0.3 is 0 Å². The molecule has 23 heavy (non-hydrogen) atoms. The van der Waals surface area contributed by atoms with Gasteiger partial charge in [-0.2, -0.15) is 4.98 Å². The smallest absolute Gasteiger partial charge is 0.216 e. The summed E-state index contributed by atoms with van der Waals surface area (Å²) in [6.45, 7) is 0.408. The molecule has 3 aromatic rings. The lowest BCUT2D eigenvalue weighted by molar-refractivity contribution is 0.306. The van der Waals surface area contributed by atoms with Gasteiger partial charge in [0.1, 0.15) is 18.2 Å². The molecule has 0 unspecified atom stereocenters. The van der Waals surface area contributed by atoms with Crippen LogP contribution in [0.4, 0.5) is 10.3 Å². The number of aromatic amines is 1. The van der Waals surface area contributed by atoms with Crippen LogP contribution in [0.1, 0.15) is 11.1 Å². The molecule has 0 amide bonds. The molecular weight excluding hydrogens is 315 g/mol. The minimum absolute atomic E-state index is 0.247. The number of nitrogens with one attached hydrogen (secondary N) is 1. The molecule has 0 bridgehead atoms. The molecule has 3 rings (SSSR count). The summed E-state index contributed by atoms with van der Waals surface area (Å²) in [5.41, 5.74) is 7.53. The number of ether oxygens (including phenoxy) is 1. The number of nitrogens with two attached hydrogens (primary N) is 1. The number of nitrogens with zero attached hydrogens (tertiary/aromatic N) is 2. The Bertz CT molecular complexity index is 759. The van der Waals surface area contributed by atoms with Gasteiger partial charge in [0.2, 0.25) is 11.1 Å². The largest absolute Gasteiger partial charge is 0.489 e.